The first-order chi connectivity index (χ1) is 20.0. The maximum absolute atomic E-state index is 9.55. The van der Waals surface area contributed by atoms with Gasteiger partial charge in [0, 0.05) is 62.4 Å². The van der Waals surface area contributed by atoms with Crippen molar-refractivity contribution in [2.24, 2.45) is 0 Å². The van der Waals surface area contributed by atoms with Crippen molar-refractivity contribution >= 4 is 40.6 Å². The first kappa shape index (κ1) is 33.1. The molecule has 0 spiro atoms. The molecule has 1 aliphatic heterocycles. The number of para-hydroxylation sites is 1. The number of aliphatic carboxylic acids is 4. The Hall–Kier alpha value is -5.07. The first-order valence-corrected chi connectivity index (χ1v) is 12.8. The smallest absolute Gasteiger partial charge is 0.328 e. The van der Waals surface area contributed by atoms with Crippen LogP contribution in [0.25, 0.3) is 22.0 Å². The molecule has 3 aromatic rings. The zero-order valence-corrected chi connectivity index (χ0v) is 23.0. The molecule has 1 fully saturated rings. The van der Waals surface area contributed by atoms with E-state index in [9.17, 15) is 19.2 Å². The van der Waals surface area contributed by atoms with Crippen LogP contribution in [0.15, 0.2) is 78.9 Å². The van der Waals surface area contributed by atoms with Crippen molar-refractivity contribution in [2.75, 3.05) is 44.2 Å². The van der Waals surface area contributed by atoms with Crippen LogP contribution in [0.1, 0.15) is 5.56 Å². The molecule has 0 unspecified atom stereocenters. The lowest BCUT2D eigenvalue weighted by Gasteiger charge is -2.35. The number of anilines is 1. The van der Waals surface area contributed by atoms with Gasteiger partial charge < -0.3 is 30.4 Å². The number of aryl methyl sites for hydroxylation is 1. The monoisotopic (exact) mass is 579 g/mol. The van der Waals surface area contributed by atoms with Crippen molar-refractivity contribution in [2.45, 2.75) is 6.92 Å². The molecule has 0 saturated carbocycles. The Bertz CT molecular complexity index is 1360. The third-order valence-electron chi connectivity index (χ3n) is 5.91. The first-order valence-electron chi connectivity index (χ1n) is 12.8. The fraction of sp³-hybridized carbons (Fsp3) is 0.233. The molecule has 222 valence electrons. The Morgan fingerprint density at radius 2 is 1.26 bits per heavy atom. The minimum Gasteiger partial charge on any atom is -0.478 e. The number of benzene rings is 2. The molecule has 0 bridgehead atoms. The number of carboxylic acid groups (broad SMARTS) is 4. The molecule has 12 nitrogen and oxygen atoms in total. The Labute approximate surface area is 242 Å². The highest BCUT2D eigenvalue weighted by atomic mass is 16.4. The number of hydrogen-bond acceptors (Lipinski definition) is 8. The van der Waals surface area contributed by atoms with Gasteiger partial charge >= 0.3 is 23.9 Å². The molecule has 1 aromatic heterocycles. The van der Waals surface area contributed by atoms with Gasteiger partial charge in [-0.1, -0.05) is 48.0 Å². The van der Waals surface area contributed by atoms with Crippen molar-refractivity contribution in [1.82, 2.24) is 9.88 Å². The van der Waals surface area contributed by atoms with E-state index in [1.54, 1.807) is 0 Å². The summed E-state index contributed by atoms with van der Waals surface area (Å²) in [5.41, 5.74) is 4.78. The van der Waals surface area contributed by atoms with Gasteiger partial charge in [-0.15, -0.1) is 0 Å². The summed E-state index contributed by atoms with van der Waals surface area (Å²) >= 11 is 0. The molecule has 0 atom stereocenters. The van der Waals surface area contributed by atoms with Gasteiger partial charge in [0.15, 0.2) is 0 Å². The highest BCUT2D eigenvalue weighted by Crippen LogP contribution is 2.31. The van der Waals surface area contributed by atoms with Crippen LogP contribution in [-0.4, -0.2) is 98.6 Å². The van der Waals surface area contributed by atoms with E-state index in [2.05, 4.69) is 71.3 Å². The molecular formula is C30H33N3O9. The summed E-state index contributed by atoms with van der Waals surface area (Å²) in [5, 5.41) is 41.6. The zero-order valence-electron chi connectivity index (χ0n) is 23.0. The predicted octanol–water partition coefficient (Wildman–Crippen LogP) is 2.75. The minimum absolute atomic E-state index is 0.228. The van der Waals surface area contributed by atoms with Crippen LogP contribution >= 0.6 is 0 Å². The fourth-order valence-electron chi connectivity index (χ4n) is 3.92. The molecule has 2 aromatic carbocycles. The van der Waals surface area contributed by atoms with Crippen LogP contribution in [0.5, 0.6) is 0 Å². The van der Waals surface area contributed by atoms with E-state index < -0.39 is 23.9 Å². The molecule has 5 N–H and O–H groups in total. The second-order valence-electron chi connectivity index (χ2n) is 8.98. The third kappa shape index (κ3) is 11.6. The summed E-state index contributed by atoms with van der Waals surface area (Å²) in [5.74, 6) is -3.98. The molecular weight excluding hydrogens is 546 g/mol. The summed E-state index contributed by atoms with van der Waals surface area (Å²) in [4.78, 5) is 47.8. The van der Waals surface area contributed by atoms with E-state index in [-0.39, 0.29) is 6.61 Å². The van der Waals surface area contributed by atoms with Gasteiger partial charge in [-0.05, 0) is 30.2 Å². The van der Waals surface area contributed by atoms with E-state index in [0.717, 1.165) is 44.1 Å². The Balaban J connectivity index is 0.000000319. The molecule has 4 rings (SSSR count). The molecule has 42 heavy (non-hydrogen) atoms. The number of aromatic nitrogens is 1. The number of carboxylic acids is 4. The maximum atomic E-state index is 9.55. The van der Waals surface area contributed by atoms with Gasteiger partial charge in [0.25, 0.3) is 0 Å². The standard InChI is InChI=1S/C22H25N3O.2C4H4O4/c1-17-6-8-18(9-7-17)20-16-22(23-21-5-3-2-4-19(20)21)25-12-10-24(11-13-25)14-15-26;2*5-3(6)1-2-4(7)8/h2-9,16,26H,10-15H2,1H3;2*1-2H,(H,5,6)(H,7,8)/b;2*2-1-. The fourth-order valence-corrected chi connectivity index (χ4v) is 3.92. The number of piperazine rings is 1. The Morgan fingerprint density at radius 1 is 0.762 bits per heavy atom. The SMILES string of the molecule is Cc1ccc(-c2cc(N3CCN(CCO)CC3)nc3ccccc23)cc1.O=C(O)/C=C\C(=O)O.O=C(O)/C=C\C(=O)O. The summed E-state index contributed by atoms with van der Waals surface area (Å²) in [6, 6.07) is 19.3. The largest absolute Gasteiger partial charge is 0.478 e. The van der Waals surface area contributed by atoms with Crippen LogP contribution < -0.4 is 4.90 Å². The normalized spacial score (nSPS) is 13.2. The van der Waals surface area contributed by atoms with Gasteiger partial charge in [0.05, 0.1) is 12.1 Å². The van der Waals surface area contributed by atoms with Gasteiger partial charge in [0.2, 0.25) is 0 Å². The Kier molecular flexibility index (Phi) is 13.3. The van der Waals surface area contributed by atoms with Crippen LogP contribution in [0.3, 0.4) is 0 Å². The van der Waals surface area contributed by atoms with Gasteiger partial charge in [-0.2, -0.15) is 0 Å². The number of aliphatic hydroxyl groups is 1. The van der Waals surface area contributed by atoms with E-state index in [1.807, 2.05) is 0 Å². The van der Waals surface area contributed by atoms with Crippen molar-refractivity contribution in [3.8, 4) is 11.1 Å². The summed E-state index contributed by atoms with van der Waals surface area (Å²) in [7, 11) is 0. The summed E-state index contributed by atoms with van der Waals surface area (Å²) in [6.07, 6.45) is 2.23. The number of carbonyl (C=O) groups is 4. The summed E-state index contributed by atoms with van der Waals surface area (Å²) in [6.45, 7) is 6.92. The number of pyridine rings is 1. The van der Waals surface area contributed by atoms with Crippen molar-refractivity contribution in [1.29, 1.82) is 0 Å². The molecule has 1 saturated heterocycles. The number of aliphatic hydroxyl groups excluding tert-OH is 1. The lowest BCUT2D eigenvalue weighted by molar-refractivity contribution is -0.134. The average Bonchev–Trinajstić information content (AvgIpc) is 2.96. The van der Waals surface area contributed by atoms with Crippen LogP contribution in [0, 0.1) is 6.92 Å². The van der Waals surface area contributed by atoms with Crippen LogP contribution in [-0.2, 0) is 19.2 Å². The quantitative estimate of drug-likeness (QED) is 0.246. The molecule has 0 radical (unpaired) electrons. The second kappa shape index (κ2) is 16.9. The molecule has 12 heteroatoms. The second-order valence-corrected chi connectivity index (χ2v) is 8.98. The summed E-state index contributed by atoms with van der Waals surface area (Å²) < 4.78 is 0. The number of hydrogen-bond donors (Lipinski definition) is 5. The third-order valence-corrected chi connectivity index (χ3v) is 5.91. The van der Waals surface area contributed by atoms with E-state index in [1.165, 1.54) is 22.1 Å². The number of rotatable bonds is 8. The lowest BCUT2D eigenvalue weighted by Crippen LogP contribution is -2.47. The van der Waals surface area contributed by atoms with E-state index >= 15 is 0 Å². The van der Waals surface area contributed by atoms with E-state index in [0.29, 0.717) is 24.3 Å². The van der Waals surface area contributed by atoms with Crippen molar-refractivity contribution < 1.29 is 44.7 Å². The van der Waals surface area contributed by atoms with Gasteiger partial charge in [0.1, 0.15) is 5.82 Å². The Morgan fingerprint density at radius 3 is 1.74 bits per heavy atom. The van der Waals surface area contributed by atoms with Gasteiger partial charge in [-0.3, -0.25) is 4.90 Å². The number of nitrogens with zero attached hydrogens (tertiary/aromatic N) is 3. The van der Waals surface area contributed by atoms with Crippen LogP contribution in [0.2, 0.25) is 0 Å². The predicted molar refractivity (Wildman–Crippen MR) is 156 cm³/mol. The minimum atomic E-state index is -1.26. The highest BCUT2D eigenvalue weighted by molar-refractivity contribution is 5.96. The van der Waals surface area contributed by atoms with Crippen LogP contribution in [0.4, 0.5) is 5.82 Å². The number of fused-ring (bicyclic) bond motifs is 1. The highest BCUT2D eigenvalue weighted by Gasteiger charge is 2.19. The van der Waals surface area contributed by atoms with E-state index in [4.69, 9.17) is 30.5 Å². The topological polar surface area (TPSA) is 189 Å². The van der Waals surface area contributed by atoms with Crippen molar-refractivity contribution in [3.05, 3.63) is 84.5 Å². The maximum Gasteiger partial charge on any atom is 0.328 e. The van der Waals surface area contributed by atoms with Crippen molar-refractivity contribution in [3.63, 3.8) is 0 Å². The van der Waals surface area contributed by atoms with Gasteiger partial charge in [-0.25, -0.2) is 24.2 Å². The number of β-amino-alcohol motifs (C(OH)–C–C–N with tert-alkyl or cyclic N) is 1. The lowest BCUT2D eigenvalue weighted by atomic mass is 10.00. The molecule has 0 amide bonds. The molecule has 2 heterocycles. The average molecular weight is 580 g/mol. The molecule has 0 aliphatic carbocycles. The zero-order chi connectivity index (χ0) is 31.1. The molecule has 1 aliphatic rings.